The van der Waals surface area contributed by atoms with Gasteiger partial charge in [-0.2, -0.15) is 0 Å². The van der Waals surface area contributed by atoms with Crippen LogP contribution in [-0.4, -0.2) is 43.5 Å². The van der Waals surface area contributed by atoms with E-state index in [2.05, 4.69) is 11.9 Å². The number of nitrogens with one attached hydrogen (secondary N) is 1. The minimum atomic E-state index is -0.631. The molecule has 0 atom stereocenters. The standard InChI is InChI=1S/C23H23NO6/c1-15(2)22(26)29-14-13-28-12-11-24-23(27)30-21-18-9-5-3-7-16(18)20(25)17-8-4-6-10-19(17)21/h3-10,25H,1,11-14H2,2H3,(H,24,27). The third-order valence-electron chi connectivity index (χ3n) is 4.37. The van der Waals surface area contributed by atoms with E-state index in [0.29, 0.717) is 32.9 Å². The van der Waals surface area contributed by atoms with E-state index in [1.165, 1.54) is 0 Å². The Bertz CT molecular complexity index is 1030. The van der Waals surface area contributed by atoms with Gasteiger partial charge in [-0.25, -0.2) is 9.59 Å². The summed E-state index contributed by atoms with van der Waals surface area (Å²) in [5.74, 6) is 0.0625. The fraction of sp³-hybridized carbons (Fsp3) is 0.217. The molecule has 0 aliphatic carbocycles. The zero-order valence-corrected chi connectivity index (χ0v) is 16.6. The zero-order chi connectivity index (χ0) is 21.5. The molecule has 1 amide bonds. The number of hydrogen-bond acceptors (Lipinski definition) is 6. The predicted molar refractivity (Wildman–Crippen MR) is 114 cm³/mol. The van der Waals surface area contributed by atoms with E-state index in [1.54, 1.807) is 31.2 Å². The van der Waals surface area contributed by atoms with Gasteiger partial charge >= 0.3 is 12.1 Å². The summed E-state index contributed by atoms with van der Waals surface area (Å²) >= 11 is 0. The molecule has 0 saturated carbocycles. The lowest BCUT2D eigenvalue weighted by molar-refractivity contribution is -0.140. The van der Waals surface area contributed by atoms with E-state index in [-0.39, 0.29) is 32.1 Å². The highest BCUT2D eigenvalue weighted by Crippen LogP contribution is 2.41. The lowest BCUT2D eigenvalue weighted by atomic mass is 10.0. The van der Waals surface area contributed by atoms with Crippen molar-refractivity contribution in [3.05, 3.63) is 60.7 Å². The molecule has 0 aliphatic heterocycles. The number of hydrogen-bond donors (Lipinski definition) is 2. The van der Waals surface area contributed by atoms with Gasteiger partial charge < -0.3 is 24.6 Å². The minimum absolute atomic E-state index is 0.113. The number of esters is 1. The van der Waals surface area contributed by atoms with Gasteiger partial charge in [0, 0.05) is 33.7 Å². The molecule has 0 fully saturated rings. The number of amides is 1. The number of phenolic OH excluding ortho intramolecular Hbond substituents is 1. The number of carbonyl (C=O) groups is 2. The monoisotopic (exact) mass is 409 g/mol. The summed E-state index contributed by atoms with van der Waals surface area (Å²) in [7, 11) is 0. The molecule has 0 unspecified atom stereocenters. The second kappa shape index (κ2) is 9.76. The van der Waals surface area contributed by atoms with Gasteiger partial charge in [-0.1, -0.05) is 55.1 Å². The van der Waals surface area contributed by atoms with Crippen LogP contribution in [0.25, 0.3) is 21.5 Å². The molecule has 7 heteroatoms. The molecule has 30 heavy (non-hydrogen) atoms. The van der Waals surface area contributed by atoms with E-state index in [9.17, 15) is 14.7 Å². The molecular formula is C23H23NO6. The number of rotatable bonds is 8. The largest absolute Gasteiger partial charge is 0.507 e. The van der Waals surface area contributed by atoms with E-state index in [1.807, 2.05) is 24.3 Å². The molecule has 0 radical (unpaired) electrons. The molecule has 2 N–H and O–H groups in total. The van der Waals surface area contributed by atoms with Crippen molar-refractivity contribution in [2.75, 3.05) is 26.4 Å². The molecule has 156 valence electrons. The van der Waals surface area contributed by atoms with Gasteiger partial charge in [0.05, 0.1) is 13.2 Å². The predicted octanol–water partition coefficient (Wildman–Crippen LogP) is 3.92. The van der Waals surface area contributed by atoms with Crippen molar-refractivity contribution in [2.45, 2.75) is 6.92 Å². The number of ether oxygens (including phenoxy) is 3. The third-order valence-corrected chi connectivity index (χ3v) is 4.37. The first-order chi connectivity index (χ1) is 14.5. The van der Waals surface area contributed by atoms with Crippen molar-refractivity contribution >= 4 is 33.6 Å². The van der Waals surface area contributed by atoms with Crippen molar-refractivity contribution in [3.63, 3.8) is 0 Å². The van der Waals surface area contributed by atoms with Crippen LogP contribution in [0.2, 0.25) is 0 Å². The van der Waals surface area contributed by atoms with Crippen molar-refractivity contribution in [1.29, 1.82) is 0 Å². The van der Waals surface area contributed by atoms with Gasteiger partial charge in [0.25, 0.3) is 0 Å². The van der Waals surface area contributed by atoms with Gasteiger partial charge in [0.2, 0.25) is 0 Å². The summed E-state index contributed by atoms with van der Waals surface area (Å²) in [6.45, 7) is 5.84. The van der Waals surface area contributed by atoms with Crippen LogP contribution in [0, 0.1) is 0 Å². The summed E-state index contributed by atoms with van der Waals surface area (Å²) in [4.78, 5) is 23.5. The summed E-state index contributed by atoms with van der Waals surface area (Å²) in [6, 6.07) is 14.4. The number of benzene rings is 3. The van der Waals surface area contributed by atoms with Crippen LogP contribution in [0.15, 0.2) is 60.7 Å². The Morgan fingerprint density at radius 2 is 1.50 bits per heavy atom. The topological polar surface area (TPSA) is 94.1 Å². The normalized spacial score (nSPS) is 10.7. The summed E-state index contributed by atoms with van der Waals surface area (Å²) < 4.78 is 15.8. The molecule has 3 aromatic carbocycles. The molecule has 0 heterocycles. The van der Waals surface area contributed by atoms with Crippen LogP contribution >= 0.6 is 0 Å². The first-order valence-electron chi connectivity index (χ1n) is 9.47. The third kappa shape index (κ3) is 4.87. The van der Waals surface area contributed by atoms with Crippen LogP contribution < -0.4 is 10.1 Å². The second-order valence-electron chi connectivity index (χ2n) is 6.61. The zero-order valence-electron chi connectivity index (χ0n) is 16.6. The van der Waals surface area contributed by atoms with Crippen LogP contribution in [0.3, 0.4) is 0 Å². The number of carbonyl (C=O) groups excluding carboxylic acids is 2. The van der Waals surface area contributed by atoms with Crippen molar-refractivity contribution < 1.29 is 28.9 Å². The highest BCUT2D eigenvalue weighted by molar-refractivity contribution is 6.11. The Balaban J connectivity index is 1.58. The van der Waals surface area contributed by atoms with Gasteiger partial charge in [-0.15, -0.1) is 0 Å². The molecule has 0 saturated heterocycles. The molecule has 0 aromatic heterocycles. The molecule has 0 bridgehead atoms. The molecule has 0 aliphatic rings. The lowest BCUT2D eigenvalue weighted by Crippen LogP contribution is -2.30. The summed E-state index contributed by atoms with van der Waals surface area (Å²) in [5.41, 5.74) is 0.327. The SMILES string of the molecule is C=C(C)C(=O)OCCOCCNC(=O)Oc1c2ccccc2c(O)c2ccccc12. The lowest BCUT2D eigenvalue weighted by Gasteiger charge is -2.14. The minimum Gasteiger partial charge on any atom is -0.507 e. The number of aromatic hydroxyl groups is 1. The van der Waals surface area contributed by atoms with Crippen molar-refractivity contribution in [3.8, 4) is 11.5 Å². The maximum absolute atomic E-state index is 12.3. The van der Waals surface area contributed by atoms with Crippen LogP contribution in [-0.2, 0) is 14.3 Å². The first-order valence-corrected chi connectivity index (χ1v) is 9.47. The Morgan fingerprint density at radius 3 is 2.07 bits per heavy atom. The Labute approximate surface area is 173 Å². The molecular weight excluding hydrogens is 386 g/mol. The van der Waals surface area contributed by atoms with E-state index >= 15 is 0 Å². The highest BCUT2D eigenvalue weighted by atomic mass is 16.6. The van der Waals surface area contributed by atoms with Crippen LogP contribution in [0.5, 0.6) is 11.5 Å². The second-order valence-corrected chi connectivity index (χ2v) is 6.61. The summed E-state index contributed by atoms with van der Waals surface area (Å²) in [5, 5.41) is 15.7. The summed E-state index contributed by atoms with van der Waals surface area (Å²) in [6.07, 6.45) is -0.631. The number of phenols is 1. The first kappa shape index (κ1) is 21.1. The number of fused-ring (bicyclic) bond motifs is 2. The van der Waals surface area contributed by atoms with Gasteiger partial charge in [0.1, 0.15) is 18.1 Å². The molecule has 0 spiro atoms. The Hall–Kier alpha value is -3.58. The van der Waals surface area contributed by atoms with E-state index in [0.717, 1.165) is 0 Å². The Morgan fingerprint density at radius 1 is 0.933 bits per heavy atom. The molecule has 3 aromatic rings. The Kier molecular flexibility index (Phi) is 6.87. The van der Waals surface area contributed by atoms with Crippen LogP contribution in [0.4, 0.5) is 4.79 Å². The highest BCUT2D eigenvalue weighted by Gasteiger charge is 2.16. The van der Waals surface area contributed by atoms with Gasteiger partial charge in [-0.3, -0.25) is 0 Å². The van der Waals surface area contributed by atoms with Crippen molar-refractivity contribution in [1.82, 2.24) is 5.32 Å². The average molecular weight is 409 g/mol. The fourth-order valence-corrected chi connectivity index (χ4v) is 2.95. The quantitative estimate of drug-likeness (QED) is 0.253. The average Bonchev–Trinajstić information content (AvgIpc) is 2.75. The fourth-order valence-electron chi connectivity index (χ4n) is 2.95. The van der Waals surface area contributed by atoms with Crippen molar-refractivity contribution in [2.24, 2.45) is 0 Å². The van der Waals surface area contributed by atoms with E-state index in [4.69, 9.17) is 14.2 Å². The maximum atomic E-state index is 12.3. The molecule has 7 nitrogen and oxygen atoms in total. The van der Waals surface area contributed by atoms with Gasteiger partial charge in [-0.05, 0) is 6.92 Å². The van der Waals surface area contributed by atoms with Gasteiger partial charge in [0.15, 0.2) is 0 Å². The smallest absolute Gasteiger partial charge is 0.412 e. The van der Waals surface area contributed by atoms with Crippen LogP contribution in [0.1, 0.15) is 6.92 Å². The maximum Gasteiger partial charge on any atom is 0.412 e. The molecule has 3 rings (SSSR count). The van der Waals surface area contributed by atoms with E-state index < -0.39 is 12.1 Å².